The first-order chi connectivity index (χ1) is 22.7. The van der Waals surface area contributed by atoms with E-state index in [0.29, 0.717) is 37.0 Å². The summed E-state index contributed by atoms with van der Waals surface area (Å²) in [6.07, 6.45) is 4.41. The van der Waals surface area contributed by atoms with Crippen LogP contribution in [-0.4, -0.2) is 79.0 Å². The summed E-state index contributed by atoms with van der Waals surface area (Å²) in [7, 11) is 0. The zero-order chi connectivity index (χ0) is 33.1. The Hall–Kier alpha value is -3.39. The number of aryl methyl sites for hydroxylation is 1. The van der Waals surface area contributed by atoms with E-state index in [1.54, 1.807) is 0 Å². The Morgan fingerprint density at radius 3 is 2.36 bits per heavy atom. The van der Waals surface area contributed by atoms with Crippen LogP contribution in [0.15, 0.2) is 66.7 Å². The summed E-state index contributed by atoms with van der Waals surface area (Å²) in [5.74, 6) is -0.169. The van der Waals surface area contributed by atoms with Crippen molar-refractivity contribution in [2.45, 2.75) is 83.5 Å². The van der Waals surface area contributed by atoms with Gasteiger partial charge in [-0.05, 0) is 98.6 Å². The molecule has 3 atom stereocenters. The van der Waals surface area contributed by atoms with Crippen LogP contribution in [0.4, 0.5) is 5.69 Å². The van der Waals surface area contributed by atoms with Crippen LogP contribution in [0.25, 0.3) is 0 Å². The second kappa shape index (κ2) is 14.4. The summed E-state index contributed by atoms with van der Waals surface area (Å²) in [4.78, 5) is 35.1. The number of amides is 2. The molecule has 0 radical (unpaired) electrons. The number of nitrogens with zero attached hydrogens (tertiary/aromatic N) is 3. The van der Waals surface area contributed by atoms with Crippen LogP contribution < -0.4 is 15.5 Å². The number of anilines is 1. The molecule has 2 N–H and O–H groups in total. The lowest BCUT2D eigenvalue weighted by Crippen LogP contribution is -2.60. The number of hydrogen-bond acceptors (Lipinski definition) is 5. The largest absolute Gasteiger partial charge is 0.368 e. The average Bonchev–Trinajstić information content (AvgIpc) is 3.08. The van der Waals surface area contributed by atoms with Crippen LogP contribution in [-0.2, 0) is 40.8 Å². The molecule has 0 spiro atoms. The fraction of sp³-hybridized carbons (Fsp3) is 0.487. The monoisotopic (exact) mass is 655 g/mol. The van der Waals surface area contributed by atoms with Gasteiger partial charge in [0.25, 0.3) is 0 Å². The van der Waals surface area contributed by atoms with Crippen molar-refractivity contribution < 1.29 is 9.59 Å². The summed E-state index contributed by atoms with van der Waals surface area (Å²) in [6, 6.07) is 22.1. The minimum absolute atomic E-state index is 0.0277. The zero-order valence-corrected chi connectivity index (χ0v) is 29.2. The number of likely N-dealkylation sites (N-methyl/N-ethyl adjacent to an activating group) is 1. The van der Waals surface area contributed by atoms with Gasteiger partial charge in [-0.15, -0.1) is 0 Å². The van der Waals surface area contributed by atoms with Gasteiger partial charge in [-0.2, -0.15) is 0 Å². The number of hydrogen-bond donors (Lipinski definition) is 2. The summed E-state index contributed by atoms with van der Waals surface area (Å²) >= 11 is 6.17. The number of fused-ring (bicyclic) bond motifs is 2. The minimum Gasteiger partial charge on any atom is -0.368 e. The zero-order valence-electron chi connectivity index (χ0n) is 28.4. The highest BCUT2D eigenvalue weighted by atomic mass is 35.5. The molecule has 3 aromatic rings. The Morgan fingerprint density at radius 1 is 0.936 bits per heavy atom. The van der Waals surface area contributed by atoms with Crippen LogP contribution in [0.1, 0.15) is 61.9 Å². The molecule has 1 fully saturated rings. The highest BCUT2D eigenvalue weighted by Gasteiger charge is 2.37. The van der Waals surface area contributed by atoms with E-state index in [9.17, 15) is 9.59 Å². The van der Waals surface area contributed by atoms with E-state index in [1.165, 1.54) is 34.4 Å². The van der Waals surface area contributed by atoms with E-state index in [2.05, 4.69) is 78.5 Å². The molecule has 0 bridgehead atoms. The lowest BCUT2D eigenvalue weighted by Gasteiger charge is -2.41. The maximum absolute atomic E-state index is 14.2. The van der Waals surface area contributed by atoms with Crippen LogP contribution in [0, 0.1) is 0 Å². The van der Waals surface area contributed by atoms with Gasteiger partial charge in [-0.25, -0.2) is 0 Å². The van der Waals surface area contributed by atoms with Gasteiger partial charge in [-0.3, -0.25) is 14.9 Å². The van der Waals surface area contributed by atoms with Gasteiger partial charge in [-0.1, -0.05) is 74.0 Å². The number of carbonyl (C=O) groups excluding carboxylic acids is 2. The second-order valence-electron chi connectivity index (χ2n) is 13.9. The lowest BCUT2D eigenvalue weighted by molar-refractivity contribution is -0.137. The van der Waals surface area contributed by atoms with Gasteiger partial charge >= 0.3 is 0 Å². The number of rotatable bonds is 9. The molecule has 2 amide bonds. The molecular formula is C39H50ClN5O2. The fourth-order valence-corrected chi connectivity index (χ4v) is 8.19. The second-order valence-corrected chi connectivity index (χ2v) is 14.4. The summed E-state index contributed by atoms with van der Waals surface area (Å²) in [5.41, 5.74) is 7.25. The van der Waals surface area contributed by atoms with E-state index in [4.69, 9.17) is 11.6 Å². The van der Waals surface area contributed by atoms with Crippen LogP contribution in [0.5, 0.6) is 0 Å². The molecule has 1 aliphatic carbocycles. The van der Waals surface area contributed by atoms with Crippen molar-refractivity contribution in [1.29, 1.82) is 0 Å². The Labute approximate surface area is 285 Å². The quantitative estimate of drug-likeness (QED) is 0.325. The van der Waals surface area contributed by atoms with E-state index in [0.717, 1.165) is 44.6 Å². The van der Waals surface area contributed by atoms with Crippen LogP contribution >= 0.6 is 11.6 Å². The molecule has 8 heteroatoms. The predicted octanol–water partition coefficient (Wildman–Crippen LogP) is 5.36. The van der Waals surface area contributed by atoms with Gasteiger partial charge in [0.05, 0.1) is 6.04 Å². The number of halogens is 1. The van der Waals surface area contributed by atoms with Crippen LogP contribution in [0.3, 0.4) is 0 Å². The summed E-state index contributed by atoms with van der Waals surface area (Å²) in [6.45, 7) is 13.7. The maximum atomic E-state index is 14.2. The first kappa shape index (κ1) is 33.5. The lowest BCUT2D eigenvalue weighted by atomic mass is 9.82. The molecule has 6 rings (SSSR count). The van der Waals surface area contributed by atoms with Crippen molar-refractivity contribution in [2.24, 2.45) is 0 Å². The predicted molar refractivity (Wildman–Crippen MR) is 191 cm³/mol. The number of nitrogens with one attached hydrogen (secondary N) is 2. The highest BCUT2D eigenvalue weighted by molar-refractivity contribution is 6.30. The fourth-order valence-electron chi connectivity index (χ4n) is 8.07. The minimum atomic E-state index is -0.670. The van der Waals surface area contributed by atoms with E-state index < -0.39 is 12.1 Å². The van der Waals surface area contributed by atoms with Crippen LogP contribution in [0.2, 0.25) is 5.02 Å². The van der Waals surface area contributed by atoms with Gasteiger partial charge in [0.15, 0.2) is 0 Å². The number of benzene rings is 3. The molecule has 2 heterocycles. The molecule has 250 valence electrons. The van der Waals surface area contributed by atoms with E-state index >= 15 is 0 Å². The third-order valence-corrected chi connectivity index (χ3v) is 10.9. The first-order valence-electron chi connectivity index (χ1n) is 17.5. The first-order valence-corrected chi connectivity index (χ1v) is 17.8. The number of piperazine rings is 1. The molecule has 0 saturated carbocycles. The van der Waals surface area contributed by atoms with Crippen molar-refractivity contribution >= 4 is 29.1 Å². The smallest absolute Gasteiger partial charge is 0.245 e. The SMILES string of the molecule is CCN(CC)C1CCc2cccc(N3CCN(C(=O)C(Cc4ccc(Cl)cc4)NC(=O)C4Cc5ccccc5C(C)(C)N4)CC3)c2C1. The molecule has 3 aliphatic rings. The molecule has 0 aromatic heterocycles. The molecule has 3 unspecified atom stereocenters. The van der Waals surface area contributed by atoms with Gasteiger partial charge in [0.1, 0.15) is 6.04 Å². The Balaban J connectivity index is 1.16. The van der Waals surface area contributed by atoms with Crippen molar-refractivity contribution in [1.82, 2.24) is 20.4 Å². The van der Waals surface area contributed by atoms with Gasteiger partial charge in [0, 0.05) is 54.9 Å². The van der Waals surface area contributed by atoms with Gasteiger partial charge in [0.2, 0.25) is 11.8 Å². The Kier molecular flexibility index (Phi) is 10.3. The third kappa shape index (κ3) is 7.38. The van der Waals surface area contributed by atoms with Crippen molar-refractivity contribution in [3.05, 3.63) is 99.6 Å². The van der Waals surface area contributed by atoms with Gasteiger partial charge < -0.3 is 20.0 Å². The van der Waals surface area contributed by atoms with Crippen molar-refractivity contribution in [3.63, 3.8) is 0 Å². The van der Waals surface area contributed by atoms with Crippen molar-refractivity contribution in [3.8, 4) is 0 Å². The third-order valence-electron chi connectivity index (χ3n) is 10.6. The molecule has 7 nitrogen and oxygen atoms in total. The molecule has 2 aliphatic heterocycles. The summed E-state index contributed by atoms with van der Waals surface area (Å²) in [5, 5.41) is 7.38. The molecular weight excluding hydrogens is 606 g/mol. The Morgan fingerprint density at radius 2 is 1.64 bits per heavy atom. The topological polar surface area (TPSA) is 67.9 Å². The highest BCUT2D eigenvalue weighted by Crippen LogP contribution is 2.33. The summed E-state index contributed by atoms with van der Waals surface area (Å²) < 4.78 is 0. The normalized spacial score (nSPS) is 21.1. The van der Waals surface area contributed by atoms with E-state index in [-0.39, 0.29) is 17.4 Å². The number of carbonyl (C=O) groups is 2. The molecule has 47 heavy (non-hydrogen) atoms. The Bertz CT molecular complexity index is 1560. The standard InChI is InChI=1S/C39H50ClN5O2/c1-5-43(6-2)31-19-16-28-11-9-13-36(32(28)26-31)44-20-22-45(23-21-44)38(47)35(24-27-14-17-30(40)18-15-27)41-37(46)34-25-29-10-7-8-12-33(29)39(3,4)42-34/h7-15,17-18,31,34-35,42H,5-6,16,19-26H2,1-4H3,(H,41,46). The average molecular weight is 656 g/mol. The van der Waals surface area contributed by atoms with Crippen molar-refractivity contribution in [2.75, 3.05) is 44.2 Å². The molecule has 3 aromatic carbocycles. The maximum Gasteiger partial charge on any atom is 0.245 e. The molecule has 1 saturated heterocycles. The van der Waals surface area contributed by atoms with E-state index in [1.807, 2.05) is 41.3 Å².